The molecule has 0 radical (unpaired) electrons. The Balaban J connectivity index is 2.54. The van der Waals surface area contributed by atoms with Crippen LogP contribution in [0.5, 0.6) is 0 Å². The molecule has 1 aliphatic rings. The average Bonchev–Trinajstić information content (AvgIpc) is 2.34. The minimum atomic E-state index is -4.13. The summed E-state index contributed by atoms with van der Waals surface area (Å²) in [6, 6.07) is -0.763. The van der Waals surface area contributed by atoms with Crippen molar-refractivity contribution in [2.45, 2.75) is 57.3 Å². The van der Waals surface area contributed by atoms with E-state index in [0.29, 0.717) is 19.3 Å². The number of carbonyl (C=O) groups excluding carboxylic acids is 1. The number of ether oxygens (including phenoxy) is 1. The number of alkyl halides is 3. The fourth-order valence-corrected chi connectivity index (χ4v) is 2.42. The van der Waals surface area contributed by atoms with E-state index in [1.54, 1.807) is 6.92 Å². The third-order valence-electron chi connectivity index (χ3n) is 3.47. The monoisotopic (exact) mass is 267 g/mol. The van der Waals surface area contributed by atoms with Crippen LogP contribution in [0.4, 0.5) is 13.2 Å². The molecule has 0 spiro atoms. The maximum Gasteiger partial charge on any atom is 0.391 e. The van der Waals surface area contributed by atoms with Gasteiger partial charge in [0.15, 0.2) is 0 Å². The Hall–Kier alpha value is -0.780. The Bertz CT molecular complexity index is 281. The van der Waals surface area contributed by atoms with Gasteiger partial charge in [-0.1, -0.05) is 13.3 Å². The molecule has 3 atom stereocenters. The van der Waals surface area contributed by atoms with Crippen molar-refractivity contribution in [3.63, 3.8) is 0 Å². The highest BCUT2D eigenvalue weighted by molar-refractivity contribution is 5.75. The van der Waals surface area contributed by atoms with Crippen LogP contribution in [-0.2, 0) is 9.53 Å². The van der Waals surface area contributed by atoms with E-state index in [4.69, 9.17) is 0 Å². The molecule has 0 saturated heterocycles. The number of hydrogen-bond donors (Lipinski definition) is 1. The molecule has 0 aliphatic heterocycles. The lowest BCUT2D eigenvalue weighted by atomic mass is 9.85. The highest BCUT2D eigenvalue weighted by atomic mass is 19.4. The Morgan fingerprint density at radius 2 is 2.11 bits per heavy atom. The predicted molar refractivity (Wildman–Crippen MR) is 61.0 cm³/mol. The summed E-state index contributed by atoms with van der Waals surface area (Å²) in [5.74, 6) is -1.66. The quantitative estimate of drug-likeness (QED) is 0.796. The SMILES string of the molecule is CCC(NC1CCCC(C(F)(F)F)C1)C(=O)OC. The predicted octanol–water partition coefficient (Wildman–Crippen LogP) is 2.65. The van der Waals surface area contributed by atoms with Gasteiger partial charge in [-0.25, -0.2) is 0 Å². The van der Waals surface area contributed by atoms with Gasteiger partial charge in [0, 0.05) is 6.04 Å². The summed E-state index contributed by atoms with van der Waals surface area (Å²) in [5, 5.41) is 2.98. The van der Waals surface area contributed by atoms with Crippen LogP contribution in [0.15, 0.2) is 0 Å². The maximum atomic E-state index is 12.6. The van der Waals surface area contributed by atoms with Crippen molar-refractivity contribution in [3.8, 4) is 0 Å². The van der Waals surface area contributed by atoms with E-state index >= 15 is 0 Å². The van der Waals surface area contributed by atoms with E-state index in [9.17, 15) is 18.0 Å². The summed E-state index contributed by atoms with van der Waals surface area (Å²) in [6.07, 6.45) is -2.15. The summed E-state index contributed by atoms with van der Waals surface area (Å²) < 4.78 is 42.5. The Morgan fingerprint density at radius 1 is 1.44 bits per heavy atom. The van der Waals surface area contributed by atoms with Gasteiger partial charge in [0.05, 0.1) is 13.0 Å². The van der Waals surface area contributed by atoms with Gasteiger partial charge in [0.25, 0.3) is 0 Å². The van der Waals surface area contributed by atoms with Crippen LogP contribution in [0.1, 0.15) is 39.0 Å². The number of rotatable bonds is 4. The number of methoxy groups -OCH3 is 1. The van der Waals surface area contributed by atoms with Crippen molar-refractivity contribution in [2.24, 2.45) is 5.92 Å². The van der Waals surface area contributed by atoms with Gasteiger partial charge >= 0.3 is 12.1 Å². The van der Waals surface area contributed by atoms with Gasteiger partial charge in [-0.2, -0.15) is 13.2 Å². The number of nitrogens with one attached hydrogen (secondary N) is 1. The molecule has 106 valence electrons. The molecule has 1 N–H and O–H groups in total. The largest absolute Gasteiger partial charge is 0.468 e. The first-order valence-corrected chi connectivity index (χ1v) is 6.29. The maximum absolute atomic E-state index is 12.6. The molecule has 1 fully saturated rings. The average molecular weight is 267 g/mol. The van der Waals surface area contributed by atoms with Gasteiger partial charge in [0.1, 0.15) is 6.04 Å². The van der Waals surface area contributed by atoms with Crippen LogP contribution in [0.2, 0.25) is 0 Å². The van der Waals surface area contributed by atoms with Crippen molar-refractivity contribution in [2.75, 3.05) is 7.11 Å². The summed E-state index contributed by atoms with van der Waals surface area (Å²) in [5.41, 5.74) is 0. The second-order valence-electron chi connectivity index (χ2n) is 4.75. The molecular formula is C12H20F3NO2. The van der Waals surface area contributed by atoms with Gasteiger partial charge in [-0.3, -0.25) is 4.79 Å². The van der Waals surface area contributed by atoms with Crippen LogP contribution in [0.3, 0.4) is 0 Å². The van der Waals surface area contributed by atoms with Crippen molar-refractivity contribution in [3.05, 3.63) is 0 Å². The van der Waals surface area contributed by atoms with Gasteiger partial charge in [-0.05, 0) is 25.7 Å². The van der Waals surface area contributed by atoms with Crippen LogP contribution in [0.25, 0.3) is 0 Å². The van der Waals surface area contributed by atoms with E-state index in [-0.39, 0.29) is 18.9 Å². The molecule has 3 unspecified atom stereocenters. The van der Waals surface area contributed by atoms with Crippen LogP contribution >= 0.6 is 0 Å². The van der Waals surface area contributed by atoms with Crippen molar-refractivity contribution >= 4 is 5.97 Å². The van der Waals surface area contributed by atoms with Crippen molar-refractivity contribution in [1.82, 2.24) is 5.32 Å². The highest BCUT2D eigenvalue weighted by Crippen LogP contribution is 2.37. The van der Waals surface area contributed by atoms with E-state index in [1.807, 2.05) is 0 Å². The molecular weight excluding hydrogens is 247 g/mol. The summed E-state index contributed by atoms with van der Waals surface area (Å²) in [4.78, 5) is 11.4. The fraction of sp³-hybridized carbons (Fsp3) is 0.917. The van der Waals surface area contributed by atoms with E-state index < -0.39 is 24.1 Å². The molecule has 0 amide bonds. The standard InChI is InChI=1S/C12H20F3NO2/c1-3-10(11(17)18-2)16-9-6-4-5-8(7-9)12(13,14)15/h8-10,16H,3-7H2,1-2H3. The third-order valence-corrected chi connectivity index (χ3v) is 3.47. The first kappa shape index (κ1) is 15.3. The molecule has 18 heavy (non-hydrogen) atoms. The van der Waals surface area contributed by atoms with Gasteiger partial charge in [0.2, 0.25) is 0 Å². The Morgan fingerprint density at radius 3 is 2.61 bits per heavy atom. The smallest absolute Gasteiger partial charge is 0.391 e. The highest BCUT2D eigenvalue weighted by Gasteiger charge is 2.42. The first-order valence-electron chi connectivity index (χ1n) is 6.29. The van der Waals surface area contributed by atoms with Crippen molar-refractivity contribution in [1.29, 1.82) is 0 Å². The lowest BCUT2D eigenvalue weighted by Gasteiger charge is -2.32. The van der Waals surface area contributed by atoms with Crippen LogP contribution < -0.4 is 5.32 Å². The zero-order chi connectivity index (χ0) is 13.8. The zero-order valence-corrected chi connectivity index (χ0v) is 10.7. The second kappa shape index (κ2) is 6.41. The number of carbonyl (C=O) groups is 1. The molecule has 0 aromatic heterocycles. The topological polar surface area (TPSA) is 38.3 Å². The van der Waals surface area contributed by atoms with E-state index in [2.05, 4.69) is 10.1 Å². The molecule has 1 saturated carbocycles. The number of halogens is 3. The number of hydrogen-bond acceptors (Lipinski definition) is 3. The molecule has 0 aromatic rings. The second-order valence-corrected chi connectivity index (χ2v) is 4.75. The van der Waals surface area contributed by atoms with Crippen LogP contribution in [-0.4, -0.2) is 31.3 Å². The molecule has 1 aliphatic carbocycles. The first-order chi connectivity index (χ1) is 8.38. The molecule has 0 aromatic carbocycles. The molecule has 3 nitrogen and oxygen atoms in total. The fourth-order valence-electron chi connectivity index (χ4n) is 2.42. The molecule has 1 rings (SSSR count). The minimum Gasteiger partial charge on any atom is -0.468 e. The Labute approximate surface area is 105 Å². The normalized spacial score (nSPS) is 26.7. The minimum absolute atomic E-state index is 0.0526. The molecule has 0 bridgehead atoms. The number of esters is 1. The third kappa shape index (κ3) is 4.15. The van der Waals surface area contributed by atoms with Crippen LogP contribution in [0, 0.1) is 5.92 Å². The summed E-state index contributed by atoms with van der Waals surface area (Å²) >= 11 is 0. The lowest BCUT2D eigenvalue weighted by Crippen LogP contribution is -2.47. The van der Waals surface area contributed by atoms with Gasteiger partial charge in [-0.15, -0.1) is 0 Å². The van der Waals surface area contributed by atoms with Gasteiger partial charge < -0.3 is 10.1 Å². The Kier molecular flexibility index (Phi) is 5.44. The summed E-state index contributed by atoms with van der Waals surface area (Å²) in [6.45, 7) is 1.80. The zero-order valence-electron chi connectivity index (χ0n) is 10.7. The van der Waals surface area contributed by atoms with E-state index in [0.717, 1.165) is 0 Å². The van der Waals surface area contributed by atoms with Crippen molar-refractivity contribution < 1.29 is 22.7 Å². The summed E-state index contributed by atoms with van der Waals surface area (Å²) in [7, 11) is 1.28. The lowest BCUT2D eigenvalue weighted by molar-refractivity contribution is -0.184. The van der Waals surface area contributed by atoms with E-state index in [1.165, 1.54) is 7.11 Å². The molecule has 6 heteroatoms. The molecule has 0 heterocycles.